The van der Waals surface area contributed by atoms with Gasteiger partial charge in [0.1, 0.15) is 5.84 Å². The molecule has 1 unspecified atom stereocenters. The van der Waals surface area contributed by atoms with Gasteiger partial charge in [0.2, 0.25) is 0 Å². The zero-order chi connectivity index (χ0) is 11.3. The Kier molecular flexibility index (Phi) is 4.84. The number of nitrogens with zero attached hydrogens (tertiary/aromatic N) is 2. The van der Waals surface area contributed by atoms with E-state index >= 15 is 0 Å². The van der Waals surface area contributed by atoms with Gasteiger partial charge in [-0.1, -0.05) is 5.16 Å². The lowest BCUT2D eigenvalue weighted by Crippen LogP contribution is -2.37. The van der Waals surface area contributed by atoms with Crippen LogP contribution in [-0.2, 0) is 0 Å². The van der Waals surface area contributed by atoms with Gasteiger partial charge in [-0.2, -0.15) is 0 Å². The number of nitrogens with one attached hydrogen (secondary N) is 1. The molecule has 1 saturated carbocycles. The van der Waals surface area contributed by atoms with Gasteiger partial charge in [-0.05, 0) is 26.8 Å². The van der Waals surface area contributed by atoms with Crippen molar-refractivity contribution in [2.75, 3.05) is 20.1 Å². The summed E-state index contributed by atoms with van der Waals surface area (Å²) in [6.45, 7) is 4.05. The van der Waals surface area contributed by atoms with Crippen molar-refractivity contribution in [2.45, 2.75) is 38.3 Å². The number of rotatable bonds is 7. The second kappa shape index (κ2) is 5.92. The highest BCUT2D eigenvalue weighted by Gasteiger charge is 2.25. The number of amidine groups is 1. The van der Waals surface area contributed by atoms with Gasteiger partial charge in [-0.3, -0.25) is 0 Å². The van der Waals surface area contributed by atoms with Crippen LogP contribution in [0, 0.1) is 0 Å². The topological polar surface area (TPSA) is 73.9 Å². The first-order valence-electron chi connectivity index (χ1n) is 5.53. The van der Waals surface area contributed by atoms with Crippen molar-refractivity contribution in [3.8, 4) is 0 Å². The summed E-state index contributed by atoms with van der Waals surface area (Å²) < 4.78 is 0. The molecule has 4 N–H and O–H groups in total. The van der Waals surface area contributed by atoms with Crippen LogP contribution in [0.4, 0.5) is 0 Å². The third-order valence-corrected chi connectivity index (χ3v) is 2.77. The van der Waals surface area contributed by atoms with Gasteiger partial charge in [0.15, 0.2) is 0 Å². The molecule has 0 aromatic carbocycles. The molecule has 88 valence electrons. The average Bonchev–Trinajstić information content (AvgIpc) is 3.00. The predicted molar refractivity (Wildman–Crippen MR) is 61.1 cm³/mol. The standard InChI is InChI=1S/C10H22N4O/c1-8(7-10(11)13-15)12-5-6-14(2)9-3-4-9/h8-9,12,15H,3-7H2,1-2H3,(H2,11,13). The Bertz CT molecular complexity index is 215. The van der Waals surface area contributed by atoms with E-state index in [9.17, 15) is 0 Å². The molecule has 0 bridgehead atoms. The molecule has 5 heteroatoms. The monoisotopic (exact) mass is 214 g/mol. The van der Waals surface area contributed by atoms with Crippen LogP contribution in [0.15, 0.2) is 5.16 Å². The molecule has 15 heavy (non-hydrogen) atoms. The molecule has 0 aliphatic heterocycles. The van der Waals surface area contributed by atoms with Crippen LogP contribution in [0.2, 0.25) is 0 Å². The number of hydrogen-bond donors (Lipinski definition) is 3. The molecule has 5 nitrogen and oxygen atoms in total. The minimum Gasteiger partial charge on any atom is -0.409 e. The summed E-state index contributed by atoms with van der Waals surface area (Å²) in [5, 5.41) is 14.7. The fourth-order valence-corrected chi connectivity index (χ4v) is 1.61. The Balaban J connectivity index is 2.03. The second-order valence-corrected chi connectivity index (χ2v) is 4.36. The highest BCUT2D eigenvalue weighted by atomic mass is 16.4. The van der Waals surface area contributed by atoms with Gasteiger partial charge < -0.3 is 21.2 Å². The fourth-order valence-electron chi connectivity index (χ4n) is 1.61. The lowest BCUT2D eigenvalue weighted by Gasteiger charge is -2.18. The number of oxime groups is 1. The van der Waals surface area contributed by atoms with Crippen LogP contribution in [0.5, 0.6) is 0 Å². The van der Waals surface area contributed by atoms with Gasteiger partial charge in [0, 0.05) is 31.6 Å². The summed E-state index contributed by atoms with van der Waals surface area (Å²) in [6, 6.07) is 1.07. The van der Waals surface area contributed by atoms with Crippen LogP contribution >= 0.6 is 0 Å². The van der Waals surface area contributed by atoms with Crippen LogP contribution in [0.25, 0.3) is 0 Å². The summed E-state index contributed by atoms with van der Waals surface area (Å²) in [7, 11) is 2.16. The molecule has 0 radical (unpaired) electrons. The predicted octanol–water partition coefficient (Wildman–Crippen LogP) is 0.195. The maximum atomic E-state index is 8.41. The molecular weight excluding hydrogens is 192 g/mol. The van der Waals surface area contributed by atoms with E-state index in [1.165, 1.54) is 12.8 Å². The minimum atomic E-state index is 0.258. The van der Waals surface area contributed by atoms with E-state index in [1.54, 1.807) is 0 Å². The minimum absolute atomic E-state index is 0.258. The summed E-state index contributed by atoms with van der Waals surface area (Å²) in [4.78, 5) is 2.38. The zero-order valence-corrected chi connectivity index (χ0v) is 9.61. The Labute approximate surface area is 91.3 Å². The van der Waals surface area contributed by atoms with Crippen molar-refractivity contribution in [1.82, 2.24) is 10.2 Å². The number of hydrogen-bond acceptors (Lipinski definition) is 4. The molecular formula is C10H22N4O. The van der Waals surface area contributed by atoms with Gasteiger partial charge in [-0.25, -0.2) is 0 Å². The molecule has 1 fully saturated rings. The van der Waals surface area contributed by atoms with Crippen LogP contribution in [0.1, 0.15) is 26.2 Å². The molecule has 0 amide bonds. The van der Waals surface area contributed by atoms with E-state index in [1.807, 2.05) is 6.92 Å². The fraction of sp³-hybridized carbons (Fsp3) is 0.900. The molecule has 0 spiro atoms. The molecule has 0 aromatic heterocycles. The first-order chi connectivity index (χ1) is 7.13. The summed E-state index contributed by atoms with van der Waals surface area (Å²) in [5.74, 6) is 0.283. The van der Waals surface area contributed by atoms with Crippen molar-refractivity contribution in [2.24, 2.45) is 10.9 Å². The number of nitrogens with two attached hydrogens (primary N) is 1. The SMILES string of the molecule is CC(CC(N)=NO)NCCN(C)C1CC1. The Morgan fingerprint density at radius 2 is 2.33 bits per heavy atom. The van der Waals surface area contributed by atoms with Crippen LogP contribution < -0.4 is 11.1 Å². The van der Waals surface area contributed by atoms with Crippen LogP contribution in [0.3, 0.4) is 0 Å². The van der Waals surface area contributed by atoms with Crippen LogP contribution in [-0.4, -0.2) is 48.2 Å². The second-order valence-electron chi connectivity index (χ2n) is 4.36. The summed E-state index contributed by atoms with van der Waals surface area (Å²) in [6.07, 6.45) is 3.27. The van der Waals surface area contributed by atoms with Crippen molar-refractivity contribution in [1.29, 1.82) is 0 Å². The Hall–Kier alpha value is -0.810. The maximum Gasteiger partial charge on any atom is 0.140 e. The third kappa shape index (κ3) is 4.99. The van der Waals surface area contributed by atoms with Gasteiger partial charge in [-0.15, -0.1) is 0 Å². The van der Waals surface area contributed by atoms with Gasteiger partial charge in [0.05, 0.1) is 0 Å². The van der Waals surface area contributed by atoms with Gasteiger partial charge >= 0.3 is 0 Å². The van der Waals surface area contributed by atoms with E-state index in [-0.39, 0.29) is 11.9 Å². The van der Waals surface area contributed by atoms with E-state index in [4.69, 9.17) is 10.9 Å². The normalized spacial score (nSPS) is 19.5. The van der Waals surface area contributed by atoms with Crippen molar-refractivity contribution < 1.29 is 5.21 Å². The lowest BCUT2D eigenvalue weighted by molar-refractivity contribution is 0.311. The summed E-state index contributed by atoms with van der Waals surface area (Å²) >= 11 is 0. The molecule has 1 rings (SSSR count). The first-order valence-corrected chi connectivity index (χ1v) is 5.53. The largest absolute Gasteiger partial charge is 0.409 e. The van der Waals surface area contributed by atoms with Crippen molar-refractivity contribution >= 4 is 5.84 Å². The smallest absolute Gasteiger partial charge is 0.140 e. The van der Waals surface area contributed by atoms with Crippen molar-refractivity contribution in [3.05, 3.63) is 0 Å². The van der Waals surface area contributed by atoms with Crippen molar-refractivity contribution in [3.63, 3.8) is 0 Å². The molecule has 0 aromatic rings. The highest BCUT2D eigenvalue weighted by molar-refractivity contribution is 5.80. The number of likely N-dealkylation sites (N-methyl/N-ethyl adjacent to an activating group) is 1. The maximum absolute atomic E-state index is 8.41. The zero-order valence-electron chi connectivity index (χ0n) is 9.61. The molecule has 0 heterocycles. The van der Waals surface area contributed by atoms with E-state index in [0.717, 1.165) is 19.1 Å². The Morgan fingerprint density at radius 1 is 1.67 bits per heavy atom. The first kappa shape index (κ1) is 12.3. The van der Waals surface area contributed by atoms with E-state index in [2.05, 4.69) is 22.4 Å². The Morgan fingerprint density at radius 3 is 2.87 bits per heavy atom. The molecule has 1 atom stereocenters. The lowest BCUT2D eigenvalue weighted by atomic mass is 10.2. The van der Waals surface area contributed by atoms with Gasteiger partial charge in [0.25, 0.3) is 0 Å². The van der Waals surface area contributed by atoms with E-state index in [0.29, 0.717) is 6.42 Å². The average molecular weight is 214 g/mol. The molecule has 1 aliphatic carbocycles. The summed E-state index contributed by atoms with van der Waals surface area (Å²) in [5.41, 5.74) is 5.41. The van der Waals surface area contributed by atoms with E-state index < -0.39 is 0 Å². The quantitative estimate of drug-likeness (QED) is 0.245. The third-order valence-electron chi connectivity index (χ3n) is 2.77. The highest BCUT2D eigenvalue weighted by Crippen LogP contribution is 2.24. The molecule has 0 saturated heterocycles. The molecule has 1 aliphatic rings.